The molecule has 17 heavy (non-hydrogen) atoms. The molecule has 2 heterocycles. The Morgan fingerprint density at radius 1 is 1.29 bits per heavy atom. The van der Waals surface area contributed by atoms with Gasteiger partial charge >= 0.3 is 0 Å². The first-order valence-corrected chi connectivity index (χ1v) is 5.19. The first-order valence-electron chi connectivity index (χ1n) is 5.19. The molecule has 0 bridgehead atoms. The van der Waals surface area contributed by atoms with Crippen LogP contribution in [-0.4, -0.2) is 42.0 Å². The maximum Gasteiger partial charge on any atom is 0.255 e. The Morgan fingerprint density at radius 3 is 2.53 bits per heavy atom. The summed E-state index contributed by atoms with van der Waals surface area (Å²) in [4.78, 5) is 17.9. The molecule has 1 amide bonds. The summed E-state index contributed by atoms with van der Waals surface area (Å²) >= 11 is 0. The quantitative estimate of drug-likeness (QED) is 0.841. The number of hydrogen-bond donors (Lipinski definition) is 1. The summed E-state index contributed by atoms with van der Waals surface area (Å²) in [6, 6.07) is 1.89. The van der Waals surface area contributed by atoms with Crippen LogP contribution in [0.3, 0.4) is 0 Å². The standard InChI is InChI=1S/C11H15N3O.2ClH/c1-9-6-10(8-13-7-9)11(15)14-4-2-12-3-5-14;;/h6-8,12H,2-5H2,1H3;2*1H. The van der Waals surface area contributed by atoms with Crippen LogP contribution in [0, 0.1) is 6.92 Å². The highest BCUT2D eigenvalue weighted by molar-refractivity contribution is 5.94. The molecule has 1 aromatic heterocycles. The minimum atomic E-state index is 0. The minimum Gasteiger partial charge on any atom is -0.336 e. The van der Waals surface area contributed by atoms with Crippen molar-refractivity contribution in [3.63, 3.8) is 0 Å². The van der Waals surface area contributed by atoms with E-state index >= 15 is 0 Å². The highest BCUT2D eigenvalue weighted by Crippen LogP contribution is 2.06. The van der Waals surface area contributed by atoms with Gasteiger partial charge in [-0.05, 0) is 18.6 Å². The number of halogens is 2. The molecule has 6 heteroatoms. The smallest absolute Gasteiger partial charge is 0.255 e. The van der Waals surface area contributed by atoms with E-state index in [0.29, 0.717) is 5.56 Å². The van der Waals surface area contributed by atoms with Crippen molar-refractivity contribution < 1.29 is 4.79 Å². The van der Waals surface area contributed by atoms with E-state index in [-0.39, 0.29) is 30.7 Å². The molecule has 4 nitrogen and oxygen atoms in total. The predicted octanol–water partition coefficient (Wildman–Crippen LogP) is 1.28. The second-order valence-electron chi connectivity index (χ2n) is 3.79. The molecule has 0 unspecified atom stereocenters. The Kier molecular flexibility index (Phi) is 7.11. The average molecular weight is 278 g/mol. The van der Waals surface area contributed by atoms with E-state index < -0.39 is 0 Å². The molecule has 1 fully saturated rings. The second-order valence-corrected chi connectivity index (χ2v) is 3.79. The first-order chi connectivity index (χ1) is 7.27. The second kappa shape index (κ2) is 7.48. The van der Waals surface area contributed by atoms with Gasteiger partial charge in [0.25, 0.3) is 5.91 Å². The Bertz CT molecular complexity index is 367. The molecule has 0 spiro atoms. The summed E-state index contributed by atoms with van der Waals surface area (Å²) in [6.45, 7) is 5.27. The summed E-state index contributed by atoms with van der Waals surface area (Å²) in [5.74, 6) is 0.0905. The Labute approximate surface area is 114 Å². The van der Waals surface area contributed by atoms with Crippen LogP contribution >= 0.6 is 24.8 Å². The third kappa shape index (κ3) is 4.15. The third-order valence-corrected chi connectivity index (χ3v) is 2.53. The molecule has 0 radical (unpaired) electrons. The van der Waals surface area contributed by atoms with Crippen molar-refractivity contribution in [3.8, 4) is 0 Å². The van der Waals surface area contributed by atoms with Crippen molar-refractivity contribution >= 4 is 30.7 Å². The van der Waals surface area contributed by atoms with Gasteiger partial charge in [0.05, 0.1) is 5.56 Å². The number of rotatable bonds is 1. The molecule has 0 aromatic carbocycles. The third-order valence-electron chi connectivity index (χ3n) is 2.53. The number of aromatic nitrogens is 1. The van der Waals surface area contributed by atoms with Crippen LogP contribution in [-0.2, 0) is 0 Å². The normalized spacial score (nSPS) is 14.5. The van der Waals surface area contributed by atoms with Crippen molar-refractivity contribution in [2.75, 3.05) is 26.2 Å². The van der Waals surface area contributed by atoms with E-state index in [9.17, 15) is 4.79 Å². The van der Waals surface area contributed by atoms with Crippen LogP contribution in [0.15, 0.2) is 18.5 Å². The Hall–Kier alpha value is -0.840. The molecular weight excluding hydrogens is 261 g/mol. The number of amides is 1. The van der Waals surface area contributed by atoms with Crippen LogP contribution in [0.5, 0.6) is 0 Å². The molecule has 0 saturated carbocycles. The van der Waals surface area contributed by atoms with Gasteiger partial charge in [0.2, 0.25) is 0 Å². The van der Waals surface area contributed by atoms with Crippen molar-refractivity contribution in [1.82, 2.24) is 15.2 Å². The number of nitrogens with zero attached hydrogens (tertiary/aromatic N) is 2. The fourth-order valence-electron chi connectivity index (χ4n) is 1.72. The number of carbonyl (C=O) groups is 1. The van der Waals surface area contributed by atoms with E-state index in [4.69, 9.17) is 0 Å². The molecule has 0 aliphatic carbocycles. The molecule has 1 N–H and O–H groups in total. The van der Waals surface area contributed by atoms with Crippen LogP contribution in [0.1, 0.15) is 15.9 Å². The summed E-state index contributed by atoms with van der Waals surface area (Å²) < 4.78 is 0. The van der Waals surface area contributed by atoms with Gasteiger partial charge in [0.15, 0.2) is 0 Å². The van der Waals surface area contributed by atoms with Gasteiger partial charge in [-0.3, -0.25) is 9.78 Å². The van der Waals surface area contributed by atoms with Crippen LogP contribution in [0.2, 0.25) is 0 Å². The maximum atomic E-state index is 12.0. The summed E-state index contributed by atoms with van der Waals surface area (Å²) in [5.41, 5.74) is 1.72. The van der Waals surface area contributed by atoms with E-state index in [1.54, 1.807) is 12.4 Å². The number of piperazine rings is 1. The first kappa shape index (κ1) is 16.2. The topological polar surface area (TPSA) is 45.2 Å². The fraction of sp³-hybridized carbons (Fsp3) is 0.455. The monoisotopic (exact) mass is 277 g/mol. The van der Waals surface area contributed by atoms with E-state index in [2.05, 4.69) is 10.3 Å². The van der Waals surface area contributed by atoms with Gasteiger partial charge in [-0.25, -0.2) is 0 Å². The van der Waals surface area contributed by atoms with Gasteiger partial charge in [0, 0.05) is 38.6 Å². The molecule has 2 rings (SSSR count). The van der Waals surface area contributed by atoms with Crippen molar-refractivity contribution in [3.05, 3.63) is 29.6 Å². The zero-order valence-electron chi connectivity index (χ0n) is 9.68. The number of pyridine rings is 1. The summed E-state index contributed by atoms with van der Waals surface area (Å²) in [5, 5.41) is 3.22. The highest BCUT2D eigenvalue weighted by atomic mass is 35.5. The van der Waals surface area contributed by atoms with Gasteiger partial charge < -0.3 is 10.2 Å². The van der Waals surface area contributed by atoms with Gasteiger partial charge in [-0.15, -0.1) is 24.8 Å². The minimum absolute atomic E-state index is 0. The largest absolute Gasteiger partial charge is 0.336 e. The average Bonchev–Trinajstić information content (AvgIpc) is 2.29. The van der Waals surface area contributed by atoms with E-state index in [1.165, 1.54) is 0 Å². The lowest BCUT2D eigenvalue weighted by Crippen LogP contribution is -2.46. The molecular formula is C11H17Cl2N3O. The molecule has 1 aliphatic heterocycles. The van der Waals surface area contributed by atoms with Crippen LogP contribution < -0.4 is 5.32 Å². The lowest BCUT2D eigenvalue weighted by atomic mass is 10.2. The number of carbonyl (C=O) groups excluding carboxylic acids is 1. The van der Waals surface area contributed by atoms with Gasteiger partial charge in [-0.2, -0.15) is 0 Å². The molecule has 1 saturated heterocycles. The zero-order chi connectivity index (χ0) is 10.7. The predicted molar refractivity (Wildman–Crippen MR) is 72.2 cm³/mol. The molecule has 1 aliphatic rings. The van der Waals surface area contributed by atoms with Gasteiger partial charge in [0.1, 0.15) is 0 Å². The van der Waals surface area contributed by atoms with Crippen molar-refractivity contribution in [2.45, 2.75) is 6.92 Å². The van der Waals surface area contributed by atoms with Gasteiger partial charge in [-0.1, -0.05) is 0 Å². The summed E-state index contributed by atoms with van der Waals surface area (Å²) in [6.07, 6.45) is 3.39. The SMILES string of the molecule is Cc1cncc(C(=O)N2CCNCC2)c1.Cl.Cl. The molecule has 1 aromatic rings. The van der Waals surface area contributed by atoms with Crippen molar-refractivity contribution in [2.24, 2.45) is 0 Å². The van der Waals surface area contributed by atoms with Crippen LogP contribution in [0.4, 0.5) is 0 Å². The molecule has 96 valence electrons. The fourth-order valence-corrected chi connectivity index (χ4v) is 1.72. The number of nitrogens with one attached hydrogen (secondary N) is 1. The highest BCUT2D eigenvalue weighted by Gasteiger charge is 2.17. The lowest BCUT2D eigenvalue weighted by Gasteiger charge is -2.27. The van der Waals surface area contributed by atoms with Crippen molar-refractivity contribution in [1.29, 1.82) is 0 Å². The Morgan fingerprint density at radius 2 is 1.94 bits per heavy atom. The van der Waals surface area contributed by atoms with Crippen LogP contribution in [0.25, 0.3) is 0 Å². The number of aryl methyl sites for hydroxylation is 1. The zero-order valence-corrected chi connectivity index (χ0v) is 11.3. The van der Waals surface area contributed by atoms with E-state index in [0.717, 1.165) is 31.7 Å². The number of hydrogen-bond acceptors (Lipinski definition) is 3. The molecule has 0 atom stereocenters. The van der Waals surface area contributed by atoms with E-state index in [1.807, 2.05) is 17.9 Å². The maximum absolute atomic E-state index is 12.0. The lowest BCUT2D eigenvalue weighted by molar-refractivity contribution is 0.0735. The summed E-state index contributed by atoms with van der Waals surface area (Å²) in [7, 11) is 0. The Balaban J connectivity index is 0.00000128.